The first-order chi connectivity index (χ1) is 32.8. The second-order valence-electron chi connectivity index (χ2n) is 15.4. The number of aliphatic hydroxyl groups excluding tert-OH is 2. The van der Waals surface area contributed by atoms with Crippen LogP contribution in [0.4, 0.5) is 132 Å². The van der Waals surface area contributed by atoms with Crippen LogP contribution in [0.15, 0.2) is 84.9 Å². The fourth-order valence-corrected chi connectivity index (χ4v) is 6.08. The number of carbonyl (C=O) groups is 1. The zero-order chi connectivity index (χ0) is 58.1. The van der Waals surface area contributed by atoms with Crippen LogP contribution in [-0.4, -0.2) is 106 Å². The summed E-state index contributed by atoms with van der Waals surface area (Å²) in [5.41, 5.74) is -8.84. The largest absolute Gasteiger partial charge is 0.460 e. The first-order valence-electron chi connectivity index (χ1n) is 19.0. The van der Waals surface area contributed by atoms with Gasteiger partial charge in [-0.05, 0) is 29.2 Å². The number of ether oxygens (including phenoxy) is 1. The van der Waals surface area contributed by atoms with Gasteiger partial charge in [-0.1, -0.05) is 91.0 Å². The molecule has 3 aromatic rings. The van der Waals surface area contributed by atoms with Crippen molar-refractivity contribution < 1.29 is 151 Å². The standard InChI is InChI=1S/C40H24F30O4/c1-17(23(71)16-15-18-9-3-2-4-10-18)26(73)74-25(28(43,44)30(47,48)32(51,52)34(55,56)36(59,60)38(63,64)40(68,69)70)22-14-8-6-12-20(22)19-11-5-7-13-21(19)24(72)27(41,42)29(45,46)31(49,50)33(53,54)35(57,58)37(61,62)39(65,66)67/h2-17,23-25,71-72H,1H3/b16-15+/t17-,23+,24-,25-/m1/s1. The number of hydrogen-bond acceptors (Lipinski definition) is 4. The van der Waals surface area contributed by atoms with Gasteiger partial charge in [-0.2, -0.15) is 132 Å². The van der Waals surface area contributed by atoms with E-state index < -0.39 is 136 Å². The zero-order valence-electron chi connectivity index (χ0n) is 35.0. The Kier molecular flexibility index (Phi) is 16.5. The molecule has 4 nitrogen and oxygen atoms in total. The molecule has 0 aromatic heterocycles. The first kappa shape index (κ1) is 63.0. The van der Waals surface area contributed by atoms with Crippen LogP contribution in [0.25, 0.3) is 17.2 Å². The van der Waals surface area contributed by atoms with Crippen LogP contribution < -0.4 is 0 Å². The lowest BCUT2D eigenvalue weighted by Crippen LogP contribution is -2.73. The van der Waals surface area contributed by atoms with E-state index in [1.165, 1.54) is 30.3 Å². The summed E-state index contributed by atoms with van der Waals surface area (Å²) in [4.78, 5) is 13.2. The first-order valence-corrected chi connectivity index (χ1v) is 19.0. The van der Waals surface area contributed by atoms with Gasteiger partial charge < -0.3 is 14.9 Å². The molecule has 0 saturated heterocycles. The van der Waals surface area contributed by atoms with E-state index in [0.717, 1.165) is 6.08 Å². The summed E-state index contributed by atoms with van der Waals surface area (Å²) < 4.78 is 432. The molecule has 3 rings (SSSR count). The minimum Gasteiger partial charge on any atom is -0.450 e. The van der Waals surface area contributed by atoms with Gasteiger partial charge >= 0.3 is 89.4 Å². The van der Waals surface area contributed by atoms with E-state index in [-0.39, 0.29) is 54.1 Å². The lowest BCUT2D eigenvalue weighted by atomic mass is 9.83. The topological polar surface area (TPSA) is 66.8 Å². The van der Waals surface area contributed by atoms with Gasteiger partial charge in [0.05, 0.1) is 12.0 Å². The summed E-state index contributed by atoms with van der Waals surface area (Å²) in [6.07, 6.45) is -27.6. The lowest BCUT2D eigenvalue weighted by molar-refractivity contribution is -0.456. The average Bonchev–Trinajstić information content (AvgIpc) is 3.28. The predicted molar refractivity (Wildman–Crippen MR) is 188 cm³/mol. The second-order valence-corrected chi connectivity index (χ2v) is 15.4. The number of aliphatic hydroxyl groups is 2. The molecule has 3 aromatic carbocycles. The normalized spacial score (nSPS) is 16.8. The molecule has 0 spiro atoms. The van der Waals surface area contributed by atoms with Crippen molar-refractivity contribution in [3.63, 3.8) is 0 Å². The van der Waals surface area contributed by atoms with Crippen LogP contribution in [0.1, 0.15) is 35.8 Å². The van der Waals surface area contributed by atoms with Crippen molar-refractivity contribution in [2.45, 2.75) is 109 Å². The van der Waals surface area contributed by atoms with Crippen LogP contribution in [0.2, 0.25) is 0 Å². The molecule has 0 bridgehead atoms. The van der Waals surface area contributed by atoms with Crippen molar-refractivity contribution in [3.05, 3.63) is 102 Å². The van der Waals surface area contributed by atoms with Gasteiger partial charge in [0, 0.05) is 5.56 Å². The number of alkyl halides is 30. The summed E-state index contributed by atoms with van der Waals surface area (Å²) in [5, 5.41) is 20.9. The maximum Gasteiger partial charge on any atom is 0.460 e. The number of rotatable bonds is 20. The summed E-state index contributed by atoms with van der Waals surface area (Å²) >= 11 is 0. The fourth-order valence-electron chi connectivity index (χ4n) is 6.08. The zero-order valence-corrected chi connectivity index (χ0v) is 35.0. The number of esters is 1. The van der Waals surface area contributed by atoms with Crippen LogP contribution in [0, 0.1) is 5.92 Å². The third kappa shape index (κ3) is 9.54. The highest BCUT2D eigenvalue weighted by molar-refractivity contribution is 5.76. The Labute approximate surface area is 391 Å². The highest BCUT2D eigenvalue weighted by Crippen LogP contribution is 2.66. The van der Waals surface area contributed by atoms with Crippen molar-refractivity contribution in [1.82, 2.24) is 0 Å². The summed E-state index contributed by atoms with van der Waals surface area (Å²) in [7, 11) is 0. The molecule has 418 valence electrons. The highest BCUT2D eigenvalue weighted by atomic mass is 19.4. The van der Waals surface area contributed by atoms with Crippen molar-refractivity contribution in [2.24, 2.45) is 5.92 Å². The fraction of sp³-hybridized carbons (Fsp3) is 0.475. The van der Waals surface area contributed by atoms with E-state index in [4.69, 9.17) is 0 Å². The second kappa shape index (κ2) is 19.4. The Bertz CT molecular complexity index is 2480. The van der Waals surface area contributed by atoms with Crippen LogP contribution in [-0.2, 0) is 9.53 Å². The monoisotopic (exact) mass is 1140 g/mol. The van der Waals surface area contributed by atoms with E-state index >= 15 is 35.1 Å². The molecule has 0 aliphatic rings. The molecule has 4 atom stereocenters. The third-order valence-corrected chi connectivity index (χ3v) is 10.6. The van der Waals surface area contributed by atoms with Gasteiger partial charge in [0.1, 0.15) is 6.10 Å². The maximum atomic E-state index is 16.3. The van der Waals surface area contributed by atoms with Gasteiger partial charge in [-0.3, -0.25) is 4.79 Å². The summed E-state index contributed by atoms with van der Waals surface area (Å²) in [6.45, 7) is 0.359. The Balaban J connectivity index is 2.42. The van der Waals surface area contributed by atoms with E-state index in [0.29, 0.717) is 13.0 Å². The van der Waals surface area contributed by atoms with Crippen LogP contribution in [0.3, 0.4) is 0 Å². The molecular weight excluding hydrogens is 1110 g/mol. The summed E-state index contributed by atoms with van der Waals surface area (Å²) in [6, 6.07) is 6.37. The Morgan fingerprint density at radius 2 is 0.730 bits per heavy atom. The van der Waals surface area contributed by atoms with Crippen molar-refractivity contribution >= 4 is 12.0 Å². The third-order valence-electron chi connectivity index (χ3n) is 10.6. The highest BCUT2D eigenvalue weighted by Gasteiger charge is 2.95. The molecule has 74 heavy (non-hydrogen) atoms. The van der Waals surface area contributed by atoms with Gasteiger partial charge in [-0.25, -0.2) is 0 Å². The minimum absolute atomic E-state index is 0.101. The van der Waals surface area contributed by atoms with Crippen molar-refractivity contribution in [1.29, 1.82) is 0 Å². The molecule has 34 heteroatoms. The lowest BCUT2D eigenvalue weighted by Gasteiger charge is -2.43. The predicted octanol–water partition coefficient (Wildman–Crippen LogP) is 14.4. The molecular formula is C40H24F30O4. The molecule has 0 radical (unpaired) electrons. The molecule has 0 aliphatic heterocycles. The number of benzene rings is 3. The molecule has 0 amide bonds. The molecule has 0 fully saturated rings. The van der Waals surface area contributed by atoms with E-state index in [2.05, 4.69) is 4.74 Å². The molecule has 0 aliphatic carbocycles. The smallest absolute Gasteiger partial charge is 0.450 e. The minimum atomic E-state index is -9.04. The Hall–Kier alpha value is -5.31. The number of halogens is 30. The van der Waals surface area contributed by atoms with Crippen LogP contribution >= 0.6 is 0 Å². The van der Waals surface area contributed by atoms with E-state index in [1.807, 2.05) is 0 Å². The van der Waals surface area contributed by atoms with Gasteiger partial charge in [0.15, 0.2) is 6.10 Å². The number of hydrogen-bond donors (Lipinski definition) is 2. The average molecular weight is 1140 g/mol. The molecule has 0 heterocycles. The maximum absolute atomic E-state index is 16.3. The SMILES string of the molecule is C[C@@H](C(=O)O[C@H](c1ccccc1-c1ccccc1[C@@H](O)C(F)(F)C(F)(F)C(F)(F)C(F)(F)C(F)(F)C(F)(F)C(F)(F)F)C(F)(F)C(F)(F)C(F)(F)C(F)(F)C(F)(F)C(F)(F)C(F)(F)F)[C@@H](O)/C=C/c1ccccc1. The van der Waals surface area contributed by atoms with E-state index in [9.17, 15) is 112 Å². The number of carbonyl (C=O) groups excluding carboxylic acids is 1. The van der Waals surface area contributed by atoms with Gasteiger partial charge in [0.25, 0.3) is 0 Å². The quantitative estimate of drug-likeness (QED) is 0.0874. The summed E-state index contributed by atoms with van der Waals surface area (Å²) in [5.74, 6) is -109. The van der Waals surface area contributed by atoms with Crippen molar-refractivity contribution in [2.75, 3.05) is 0 Å². The van der Waals surface area contributed by atoms with Gasteiger partial charge in [-0.15, -0.1) is 0 Å². The molecule has 2 N–H and O–H groups in total. The van der Waals surface area contributed by atoms with Crippen LogP contribution in [0.5, 0.6) is 0 Å². The van der Waals surface area contributed by atoms with E-state index in [1.54, 1.807) is 0 Å². The molecule has 0 saturated carbocycles. The Morgan fingerprint density at radius 3 is 1.12 bits per heavy atom. The van der Waals surface area contributed by atoms with Crippen molar-refractivity contribution in [3.8, 4) is 11.1 Å². The molecule has 0 unspecified atom stereocenters. The Morgan fingerprint density at radius 1 is 0.419 bits per heavy atom. The van der Waals surface area contributed by atoms with Gasteiger partial charge in [0.2, 0.25) is 0 Å².